The minimum absolute atomic E-state index is 0.0810. The zero-order valence-electron chi connectivity index (χ0n) is 16.4. The summed E-state index contributed by atoms with van der Waals surface area (Å²) < 4.78 is 0. The van der Waals surface area contributed by atoms with Gasteiger partial charge in [-0.25, -0.2) is 0 Å². The summed E-state index contributed by atoms with van der Waals surface area (Å²) in [4.78, 5) is 39.7. The van der Waals surface area contributed by atoms with Crippen molar-refractivity contribution in [1.29, 1.82) is 0 Å². The molecule has 1 aromatic carbocycles. The van der Waals surface area contributed by atoms with Gasteiger partial charge in [0, 0.05) is 12.6 Å². The quantitative estimate of drug-likeness (QED) is 0.652. The molecule has 2 aliphatic heterocycles. The number of carbonyl (C=O) groups excluding carboxylic acids is 3. The second-order valence-electron chi connectivity index (χ2n) is 7.73. The lowest BCUT2D eigenvalue weighted by atomic mass is 9.97. The molecule has 2 heterocycles. The standard InChI is InChI=1S/C21H30N4O3/c1-2-6-16(22)19(26)24-17-11-9-15-10-12-18(25(15)21(17)28)20(27)23-13-14-7-4-3-5-8-14/h3-5,7-8,15-18H,2,6,9-13,22H2,1H3,(H,23,27)(H,24,26)/t15-,16-,17?,18-/m0/s1. The Balaban J connectivity index is 1.60. The molecule has 2 saturated heterocycles. The molecule has 0 saturated carbocycles. The summed E-state index contributed by atoms with van der Waals surface area (Å²) in [6, 6.07) is 8.12. The van der Waals surface area contributed by atoms with Gasteiger partial charge in [-0.15, -0.1) is 0 Å². The van der Waals surface area contributed by atoms with Gasteiger partial charge in [0.05, 0.1) is 6.04 Å². The fourth-order valence-electron chi connectivity index (χ4n) is 4.18. The Hall–Kier alpha value is -2.41. The van der Waals surface area contributed by atoms with E-state index in [0.29, 0.717) is 25.8 Å². The van der Waals surface area contributed by atoms with E-state index in [0.717, 1.165) is 24.8 Å². The molecule has 2 aliphatic rings. The largest absolute Gasteiger partial charge is 0.350 e. The highest BCUT2D eigenvalue weighted by Crippen LogP contribution is 2.32. The van der Waals surface area contributed by atoms with Crippen LogP contribution in [0, 0.1) is 0 Å². The Bertz CT molecular complexity index is 709. The van der Waals surface area contributed by atoms with Gasteiger partial charge in [0.1, 0.15) is 12.1 Å². The van der Waals surface area contributed by atoms with Gasteiger partial charge in [-0.1, -0.05) is 43.7 Å². The molecule has 3 amide bonds. The summed E-state index contributed by atoms with van der Waals surface area (Å²) in [5, 5.41) is 5.74. The molecular weight excluding hydrogens is 356 g/mol. The predicted molar refractivity (Wildman–Crippen MR) is 106 cm³/mol. The summed E-state index contributed by atoms with van der Waals surface area (Å²) >= 11 is 0. The van der Waals surface area contributed by atoms with E-state index in [9.17, 15) is 14.4 Å². The zero-order chi connectivity index (χ0) is 20.1. The smallest absolute Gasteiger partial charge is 0.246 e. The molecule has 1 unspecified atom stereocenters. The van der Waals surface area contributed by atoms with Crippen LogP contribution in [0.5, 0.6) is 0 Å². The van der Waals surface area contributed by atoms with Crippen molar-refractivity contribution in [1.82, 2.24) is 15.5 Å². The first-order valence-electron chi connectivity index (χ1n) is 10.2. The van der Waals surface area contributed by atoms with Gasteiger partial charge in [-0.3, -0.25) is 14.4 Å². The first-order valence-corrected chi connectivity index (χ1v) is 10.2. The molecule has 0 radical (unpaired) electrons. The van der Waals surface area contributed by atoms with Crippen molar-refractivity contribution < 1.29 is 14.4 Å². The summed E-state index contributed by atoms with van der Waals surface area (Å²) in [5.41, 5.74) is 6.89. The molecule has 152 valence electrons. The van der Waals surface area contributed by atoms with Crippen molar-refractivity contribution in [3.05, 3.63) is 35.9 Å². The number of nitrogens with two attached hydrogens (primary N) is 1. The molecule has 2 fully saturated rings. The Labute approximate surface area is 166 Å². The Morgan fingerprint density at radius 2 is 1.89 bits per heavy atom. The van der Waals surface area contributed by atoms with E-state index in [-0.39, 0.29) is 23.8 Å². The normalized spacial score (nSPS) is 25.1. The summed E-state index contributed by atoms with van der Waals surface area (Å²) in [7, 11) is 0. The average molecular weight is 386 g/mol. The molecule has 0 aromatic heterocycles. The molecule has 4 N–H and O–H groups in total. The lowest BCUT2D eigenvalue weighted by Crippen LogP contribution is -2.60. The Kier molecular flexibility index (Phi) is 6.67. The third-order valence-corrected chi connectivity index (χ3v) is 5.71. The van der Waals surface area contributed by atoms with Crippen LogP contribution in [0.1, 0.15) is 51.0 Å². The number of hydrogen-bond donors (Lipinski definition) is 3. The van der Waals surface area contributed by atoms with Gasteiger partial charge < -0.3 is 21.3 Å². The number of benzene rings is 1. The van der Waals surface area contributed by atoms with Gasteiger partial charge in [0.15, 0.2) is 0 Å². The number of nitrogens with zero attached hydrogens (tertiary/aromatic N) is 1. The minimum Gasteiger partial charge on any atom is -0.350 e. The van der Waals surface area contributed by atoms with Crippen LogP contribution >= 0.6 is 0 Å². The fourth-order valence-corrected chi connectivity index (χ4v) is 4.18. The number of rotatable bonds is 7. The summed E-state index contributed by atoms with van der Waals surface area (Å²) in [6.45, 7) is 2.40. The lowest BCUT2D eigenvalue weighted by Gasteiger charge is -2.38. The van der Waals surface area contributed by atoms with Crippen molar-refractivity contribution in [2.24, 2.45) is 5.73 Å². The van der Waals surface area contributed by atoms with Gasteiger partial charge in [0.2, 0.25) is 17.7 Å². The fraction of sp³-hybridized carbons (Fsp3) is 0.571. The highest BCUT2D eigenvalue weighted by molar-refractivity contribution is 5.94. The highest BCUT2D eigenvalue weighted by atomic mass is 16.2. The van der Waals surface area contributed by atoms with Crippen LogP contribution in [0.4, 0.5) is 0 Å². The van der Waals surface area contributed by atoms with Crippen LogP contribution in [0.15, 0.2) is 30.3 Å². The Morgan fingerprint density at radius 1 is 1.18 bits per heavy atom. The van der Waals surface area contributed by atoms with Crippen LogP contribution in [-0.2, 0) is 20.9 Å². The Morgan fingerprint density at radius 3 is 2.61 bits per heavy atom. The molecule has 0 bridgehead atoms. The van der Waals surface area contributed by atoms with Gasteiger partial charge in [-0.05, 0) is 37.7 Å². The summed E-state index contributed by atoms with van der Waals surface area (Å²) in [5.74, 6) is -0.581. The third-order valence-electron chi connectivity index (χ3n) is 5.71. The average Bonchev–Trinajstić information content (AvgIpc) is 3.14. The monoisotopic (exact) mass is 386 g/mol. The number of fused-ring (bicyclic) bond motifs is 1. The van der Waals surface area contributed by atoms with Crippen molar-refractivity contribution in [2.75, 3.05) is 0 Å². The molecule has 1 aromatic rings. The van der Waals surface area contributed by atoms with E-state index in [1.54, 1.807) is 4.90 Å². The number of nitrogens with one attached hydrogen (secondary N) is 2. The molecule has 3 rings (SSSR count). The minimum atomic E-state index is -0.598. The molecule has 7 nitrogen and oxygen atoms in total. The van der Waals surface area contributed by atoms with E-state index in [1.807, 2.05) is 37.3 Å². The lowest BCUT2D eigenvalue weighted by molar-refractivity contribution is -0.146. The number of piperidine rings is 1. The maximum Gasteiger partial charge on any atom is 0.246 e. The van der Waals surface area contributed by atoms with Crippen molar-refractivity contribution in [3.8, 4) is 0 Å². The molecule has 7 heteroatoms. The molecule has 0 aliphatic carbocycles. The third kappa shape index (κ3) is 4.52. The number of carbonyl (C=O) groups is 3. The topological polar surface area (TPSA) is 105 Å². The molecular formula is C21H30N4O3. The van der Waals surface area contributed by atoms with Gasteiger partial charge in [-0.2, -0.15) is 0 Å². The summed E-state index contributed by atoms with van der Waals surface area (Å²) in [6.07, 6.45) is 4.28. The van der Waals surface area contributed by atoms with E-state index in [2.05, 4.69) is 10.6 Å². The molecule has 4 atom stereocenters. The van der Waals surface area contributed by atoms with Crippen molar-refractivity contribution in [3.63, 3.8) is 0 Å². The predicted octanol–water partition coefficient (Wildman–Crippen LogP) is 1.07. The SMILES string of the molecule is CCC[C@H](N)C(=O)NC1CC[C@H]2CC[C@@H](C(=O)NCc3ccccc3)N2C1=O. The van der Waals surface area contributed by atoms with Crippen LogP contribution in [0.25, 0.3) is 0 Å². The van der Waals surface area contributed by atoms with E-state index in [1.165, 1.54) is 0 Å². The number of amides is 3. The zero-order valence-corrected chi connectivity index (χ0v) is 16.4. The second kappa shape index (κ2) is 9.19. The first-order chi connectivity index (χ1) is 13.5. The van der Waals surface area contributed by atoms with Crippen molar-refractivity contribution >= 4 is 17.7 Å². The molecule has 0 spiro atoms. The van der Waals surface area contributed by atoms with Crippen LogP contribution in [0.2, 0.25) is 0 Å². The van der Waals surface area contributed by atoms with Crippen LogP contribution < -0.4 is 16.4 Å². The van der Waals surface area contributed by atoms with E-state index in [4.69, 9.17) is 5.73 Å². The maximum absolute atomic E-state index is 13.0. The first kappa shape index (κ1) is 20.3. The van der Waals surface area contributed by atoms with E-state index < -0.39 is 18.1 Å². The second-order valence-corrected chi connectivity index (χ2v) is 7.73. The number of hydrogen-bond acceptors (Lipinski definition) is 4. The van der Waals surface area contributed by atoms with E-state index >= 15 is 0 Å². The van der Waals surface area contributed by atoms with Gasteiger partial charge >= 0.3 is 0 Å². The highest BCUT2D eigenvalue weighted by Gasteiger charge is 2.46. The van der Waals surface area contributed by atoms with Crippen molar-refractivity contribution in [2.45, 2.75) is 76.2 Å². The van der Waals surface area contributed by atoms with Crippen LogP contribution in [-0.4, -0.2) is 46.8 Å². The maximum atomic E-state index is 13.0. The molecule has 28 heavy (non-hydrogen) atoms. The van der Waals surface area contributed by atoms with Crippen LogP contribution in [0.3, 0.4) is 0 Å². The van der Waals surface area contributed by atoms with Gasteiger partial charge in [0.25, 0.3) is 0 Å².